The third kappa shape index (κ3) is 4.07. The summed E-state index contributed by atoms with van der Waals surface area (Å²) in [6, 6.07) is 6.95. The van der Waals surface area contributed by atoms with Crippen molar-refractivity contribution in [2.24, 2.45) is 5.92 Å². The molecule has 1 atom stereocenters. The first-order valence-electron chi connectivity index (χ1n) is 6.95. The Morgan fingerprint density at radius 2 is 2.33 bits per heavy atom. The molecule has 0 saturated carbocycles. The lowest BCUT2D eigenvalue weighted by Crippen LogP contribution is -2.27. The molecule has 0 aromatic heterocycles. The Labute approximate surface area is 109 Å². The molecule has 3 heteroatoms. The molecule has 2 rings (SSSR count). The molecule has 1 aromatic carbocycles. The minimum atomic E-state index is -0.126. The maximum atomic E-state index is 13.0. The lowest BCUT2D eigenvalue weighted by atomic mass is 10.1. The summed E-state index contributed by atoms with van der Waals surface area (Å²) >= 11 is 0. The first-order valence-corrected chi connectivity index (χ1v) is 6.95. The van der Waals surface area contributed by atoms with Crippen LogP contribution in [0, 0.1) is 11.7 Å². The van der Waals surface area contributed by atoms with Gasteiger partial charge in [0.2, 0.25) is 0 Å². The van der Waals surface area contributed by atoms with Crippen LogP contribution in [0.3, 0.4) is 0 Å². The number of hydrogen-bond acceptors (Lipinski definition) is 2. The quantitative estimate of drug-likeness (QED) is 0.833. The number of halogens is 1. The second-order valence-electron chi connectivity index (χ2n) is 5.14. The van der Waals surface area contributed by atoms with E-state index in [0.717, 1.165) is 37.5 Å². The van der Waals surface area contributed by atoms with Crippen molar-refractivity contribution in [3.63, 3.8) is 0 Å². The number of benzene rings is 1. The first kappa shape index (κ1) is 13.5. The molecule has 1 unspecified atom stereocenters. The topological polar surface area (TPSA) is 15.3 Å². The van der Waals surface area contributed by atoms with Crippen LogP contribution >= 0.6 is 0 Å². The molecule has 1 aromatic rings. The van der Waals surface area contributed by atoms with E-state index in [2.05, 4.69) is 17.1 Å². The van der Waals surface area contributed by atoms with Crippen molar-refractivity contribution in [3.05, 3.63) is 35.6 Å². The molecule has 18 heavy (non-hydrogen) atoms. The summed E-state index contributed by atoms with van der Waals surface area (Å²) in [6.07, 6.45) is 2.24. The molecule has 1 fully saturated rings. The van der Waals surface area contributed by atoms with Crippen LogP contribution in [0.25, 0.3) is 0 Å². The molecular formula is C15H23FN2. The van der Waals surface area contributed by atoms with E-state index in [9.17, 15) is 4.39 Å². The molecule has 1 aliphatic heterocycles. The van der Waals surface area contributed by atoms with Crippen molar-refractivity contribution in [1.82, 2.24) is 10.2 Å². The van der Waals surface area contributed by atoms with Gasteiger partial charge < -0.3 is 10.2 Å². The average Bonchev–Trinajstić information content (AvgIpc) is 2.82. The molecule has 0 spiro atoms. The minimum absolute atomic E-state index is 0.126. The molecule has 0 bridgehead atoms. The molecule has 0 aliphatic carbocycles. The predicted octanol–water partition coefficient (Wildman–Crippen LogP) is 2.30. The van der Waals surface area contributed by atoms with Crippen molar-refractivity contribution in [1.29, 1.82) is 0 Å². The molecule has 1 N–H and O–H groups in total. The maximum Gasteiger partial charge on any atom is 0.123 e. The van der Waals surface area contributed by atoms with E-state index in [0.29, 0.717) is 0 Å². The molecule has 100 valence electrons. The zero-order valence-corrected chi connectivity index (χ0v) is 11.2. The highest BCUT2D eigenvalue weighted by atomic mass is 19.1. The highest BCUT2D eigenvalue weighted by molar-refractivity contribution is 5.16. The molecule has 1 heterocycles. The third-order valence-corrected chi connectivity index (χ3v) is 3.66. The van der Waals surface area contributed by atoms with E-state index in [1.54, 1.807) is 12.1 Å². The second kappa shape index (κ2) is 6.86. The van der Waals surface area contributed by atoms with Gasteiger partial charge in [0.1, 0.15) is 5.82 Å². The Balaban J connectivity index is 1.72. The Bertz CT molecular complexity index is 367. The minimum Gasteiger partial charge on any atom is -0.317 e. The second-order valence-corrected chi connectivity index (χ2v) is 5.14. The highest BCUT2D eigenvalue weighted by Gasteiger charge is 2.21. The van der Waals surface area contributed by atoms with Crippen LogP contribution in [-0.2, 0) is 6.42 Å². The fourth-order valence-electron chi connectivity index (χ4n) is 2.61. The van der Waals surface area contributed by atoms with Gasteiger partial charge in [-0.3, -0.25) is 0 Å². The number of rotatable bonds is 6. The van der Waals surface area contributed by atoms with Crippen molar-refractivity contribution in [2.45, 2.75) is 19.8 Å². The van der Waals surface area contributed by atoms with Gasteiger partial charge in [-0.05, 0) is 56.1 Å². The fraction of sp³-hybridized carbons (Fsp3) is 0.600. The summed E-state index contributed by atoms with van der Waals surface area (Å²) in [5.74, 6) is 0.663. The Kier molecular flexibility index (Phi) is 5.14. The summed E-state index contributed by atoms with van der Waals surface area (Å²) in [4.78, 5) is 2.49. The maximum absolute atomic E-state index is 13.0. The van der Waals surface area contributed by atoms with Crippen LogP contribution in [0.4, 0.5) is 4.39 Å². The Hall–Kier alpha value is -0.930. The van der Waals surface area contributed by atoms with Gasteiger partial charge in [0.05, 0.1) is 0 Å². The summed E-state index contributed by atoms with van der Waals surface area (Å²) in [5.41, 5.74) is 1.10. The lowest BCUT2D eigenvalue weighted by molar-refractivity contribution is 0.326. The average molecular weight is 250 g/mol. The van der Waals surface area contributed by atoms with Gasteiger partial charge in [0.25, 0.3) is 0 Å². The predicted molar refractivity (Wildman–Crippen MR) is 73.2 cm³/mol. The highest BCUT2D eigenvalue weighted by Crippen LogP contribution is 2.16. The van der Waals surface area contributed by atoms with Crippen molar-refractivity contribution < 1.29 is 4.39 Å². The number of nitrogens with zero attached hydrogens (tertiary/aromatic N) is 1. The smallest absolute Gasteiger partial charge is 0.123 e. The molecule has 0 radical (unpaired) electrons. The number of likely N-dealkylation sites (tertiary alicyclic amines) is 1. The summed E-state index contributed by atoms with van der Waals surface area (Å²) < 4.78 is 13.0. The van der Waals surface area contributed by atoms with Crippen molar-refractivity contribution in [3.8, 4) is 0 Å². The van der Waals surface area contributed by atoms with Gasteiger partial charge in [-0.15, -0.1) is 0 Å². The van der Waals surface area contributed by atoms with E-state index in [-0.39, 0.29) is 5.82 Å². The van der Waals surface area contributed by atoms with Gasteiger partial charge in [0, 0.05) is 13.1 Å². The fourth-order valence-corrected chi connectivity index (χ4v) is 2.61. The lowest BCUT2D eigenvalue weighted by Gasteiger charge is -2.16. The molecule has 1 aliphatic rings. The van der Waals surface area contributed by atoms with E-state index in [1.165, 1.54) is 25.6 Å². The van der Waals surface area contributed by atoms with Crippen LogP contribution in [-0.4, -0.2) is 37.6 Å². The molecule has 2 nitrogen and oxygen atoms in total. The normalized spacial score (nSPS) is 20.4. The Morgan fingerprint density at radius 3 is 3.11 bits per heavy atom. The molecule has 1 saturated heterocycles. The van der Waals surface area contributed by atoms with Crippen LogP contribution in [0.1, 0.15) is 18.9 Å². The summed E-state index contributed by atoms with van der Waals surface area (Å²) in [5, 5.41) is 3.42. The monoisotopic (exact) mass is 250 g/mol. The van der Waals surface area contributed by atoms with Crippen molar-refractivity contribution in [2.75, 3.05) is 32.7 Å². The van der Waals surface area contributed by atoms with Gasteiger partial charge in [-0.2, -0.15) is 0 Å². The molecular weight excluding hydrogens is 227 g/mol. The summed E-state index contributed by atoms with van der Waals surface area (Å²) in [7, 11) is 0. The SMILES string of the molecule is CCNCC1CCN(CCc2cccc(F)c2)C1. The van der Waals surface area contributed by atoms with Crippen LogP contribution in [0.2, 0.25) is 0 Å². The van der Waals surface area contributed by atoms with Gasteiger partial charge in [0.15, 0.2) is 0 Å². The largest absolute Gasteiger partial charge is 0.317 e. The van der Waals surface area contributed by atoms with Gasteiger partial charge in [-0.1, -0.05) is 19.1 Å². The van der Waals surface area contributed by atoms with E-state index in [4.69, 9.17) is 0 Å². The van der Waals surface area contributed by atoms with Crippen LogP contribution < -0.4 is 5.32 Å². The van der Waals surface area contributed by atoms with Crippen LogP contribution in [0.5, 0.6) is 0 Å². The zero-order valence-electron chi connectivity index (χ0n) is 11.2. The van der Waals surface area contributed by atoms with Crippen LogP contribution in [0.15, 0.2) is 24.3 Å². The van der Waals surface area contributed by atoms with Gasteiger partial charge in [-0.25, -0.2) is 4.39 Å². The third-order valence-electron chi connectivity index (χ3n) is 3.66. The first-order chi connectivity index (χ1) is 8.78. The Morgan fingerprint density at radius 1 is 1.44 bits per heavy atom. The number of hydrogen-bond donors (Lipinski definition) is 1. The van der Waals surface area contributed by atoms with E-state index in [1.807, 2.05) is 6.07 Å². The number of nitrogens with one attached hydrogen (secondary N) is 1. The molecule has 0 amide bonds. The van der Waals surface area contributed by atoms with E-state index >= 15 is 0 Å². The summed E-state index contributed by atoms with van der Waals surface area (Å²) in [6.45, 7) is 7.75. The van der Waals surface area contributed by atoms with E-state index < -0.39 is 0 Å². The van der Waals surface area contributed by atoms with Crippen molar-refractivity contribution >= 4 is 0 Å². The zero-order chi connectivity index (χ0) is 12.8. The standard InChI is InChI=1S/C15H23FN2/c1-2-17-11-14-7-9-18(12-14)8-6-13-4-3-5-15(16)10-13/h3-5,10,14,17H,2,6-9,11-12H2,1H3. The van der Waals surface area contributed by atoms with Gasteiger partial charge >= 0.3 is 0 Å².